The molecule has 2 rings (SSSR count). The van der Waals surface area contributed by atoms with E-state index in [1.54, 1.807) is 26.8 Å². The molecule has 2 aromatic rings. The Hall–Kier alpha value is -2.29. The van der Waals surface area contributed by atoms with Crippen molar-refractivity contribution in [1.82, 2.24) is 14.5 Å². The summed E-state index contributed by atoms with van der Waals surface area (Å²) in [7, 11) is 0. The van der Waals surface area contributed by atoms with Crippen LogP contribution in [0.4, 0.5) is 8.78 Å². The molecule has 22 heavy (non-hydrogen) atoms. The Labute approximate surface area is 130 Å². The van der Waals surface area contributed by atoms with E-state index in [-0.39, 0.29) is 4.99 Å². The average molecular weight is 327 g/mol. The molecule has 0 unspecified atom stereocenters. The van der Waals surface area contributed by atoms with Gasteiger partial charge in [0.2, 0.25) is 5.82 Å². The summed E-state index contributed by atoms with van der Waals surface area (Å²) in [5.41, 5.74) is 7.94. The van der Waals surface area contributed by atoms with Gasteiger partial charge in [0.1, 0.15) is 4.99 Å². The van der Waals surface area contributed by atoms with E-state index in [4.69, 9.17) is 23.8 Å². The van der Waals surface area contributed by atoms with Crippen LogP contribution in [0.1, 0.15) is 34.5 Å². The predicted octanol–water partition coefficient (Wildman–Crippen LogP) is 1.24. The molecule has 4 N–H and O–H groups in total. The quantitative estimate of drug-likeness (QED) is 0.654. The van der Waals surface area contributed by atoms with Crippen LogP contribution in [0.3, 0.4) is 0 Å². The topological polar surface area (TPSA) is 91.9 Å². The summed E-state index contributed by atoms with van der Waals surface area (Å²) in [5, 5.41) is 3.64. The number of aromatic nitrogens is 3. The number of nitrogens with zero attached hydrogens (tertiary/aromatic N) is 3. The first kappa shape index (κ1) is 16.1. The minimum Gasteiger partial charge on any atom is -0.389 e. The van der Waals surface area contributed by atoms with Gasteiger partial charge < -0.3 is 11.6 Å². The number of halogens is 2. The summed E-state index contributed by atoms with van der Waals surface area (Å²) in [6.45, 7) is 5.24. The Kier molecular flexibility index (Phi) is 4.01. The predicted molar refractivity (Wildman–Crippen MR) is 83.0 cm³/mol. The highest BCUT2D eigenvalue weighted by molar-refractivity contribution is 7.80. The molecule has 0 bridgehead atoms. The van der Waals surface area contributed by atoms with Gasteiger partial charge in [-0.2, -0.15) is 9.36 Å². The zero-order chi connectivity index (χ0) is 16.8. The van der Waals surface area contributed by atoms with Gasteiger partial charge in [0, 0.05) is 5.56 Å². The van der Waals surface area contributed by atoms with Crippen molar-refractivity contribution in [3.05, 3.63) is 44.6 Å². The number of rotatable bonds is 3. The van der Waals surface area contributed by atoms with E-state index in [2.05, 4.69) is 5.10 Å². The van der Waals surface area contributed by atoms with Crippen molar-refractivity contribution in [3.63, 3.8) is 0 Å². The molecule has 0 aliphatic carbocycles. The fourth-order valence-corrected chi connectivity index (χ4v) is 2.55. The second-order valence-electron chi connectivity index (χ2n) is 4.93. The van der Waals surface area contributed by atoms with E-state index in [1.165, 1.54) is 0 Å². The monoisotopic (exact) mass is 327 g/mol. The molecule has 6 nitrogen and oxygen atoms in total. The Morgan fingerprint density at radius 2 is 1.91 bits per heavy atom. The van der Waals surface area contributed by atoms with Gasteiger partial charge in [-0.25, -0.2) is 13.6 Å². The molecule has 1 aromatic heterocycles. The van der Waals surface area contributed by atoms with Gasteiger partial charge in [-0.05, 0) is 43.5 Å². The zero-order valence-electron chi connectivity index (χ0n) is 12.2. The van der Waals surface area contributed by atoms with Gasteiger partial charge in [0.15, 0.2) is 0 Å². The lowest BCUT2D eigenvalue weighted by Crippen LogP contribution is -2.31. The summed E-state index contributed by atoms with van der Waals surface area (Å²) in [4.78, 5) is 12.3. The summed E-state index contributed by atoms with van der Waals surface area (Å²) in [6.07, 6.45) is -2.95. The van der Waals surface area contributed by atoms with Crippen LogP contribution in [0.25, 0.3) is 5.69 Å². The summed E-state index contributed by atoms with van der Waals surface area (Å²) in [5.74, 6) is 4.57. The lowest BCUT2D eigenvalue weighted by atomic mass is 9.97. The van der Waals surface area contributed by atoms with Gasteiger partial charge in [0.05, 0.1) is 5.69 Å². The van der Waals surface area contributed by atoms with Crippen LogP contribution in [-0.4, -0.2) is 19.4 Å². The molecule has 0 saturated carbocycles. The van der Waals surface area contributed by atoms with Crippen LogP contribution < -0.4 is 17.3 Å². The van der Waals surface area contributed by atoms with Crippen LogP contribution >= 0.6 is 12.2 Å². The summed E-state index contributed by atoms with van der Waals surface area (Å²) >= 11 is 4.98. The van der Waals surface area contributed by atoms with E-state index in [0.717, 1.165) is 10.2 Å². The van der Waals surface area contributed by atoms with E-state index < -0.39 is 17.9 Å². The van der Waals surface area contributed by atoms with Crippen molar-refractivity contribution in [3.8, 4) is 5.69 Å². The molecule has 0 atom stereocenters. The molecule has 118 valence electrons. The van der Waals surface area contributed by atoms with Crippen molar-refractivity contribution >= 4 is 17.2 Å². The third-order valence-electron chi connectivity index (χ3n) is 3.57. The third-order valence-corrected chi connectivity index (χ3v) is 3.78. The van der Waals surface area contributed by atoms with Crippen molar-refractivity contribution in [2.24, 2.45) is 5.73 Å². The number of alkyl halides is 2. The normalized spacial score (nSPS) is 11.2. The van der Waals surface area contributed by atoms with E-state index >= 15 is 0 Å². The Morgan fingerprint density at radius 3 is 2.36 bits per heavy atom. The standard InChI is InChI=1S/C13H15F2N5OS/c1-5-4-8(11(16)22)6(2)7(3)9(5)20-13(21)19(17)12(18-20)10(14)15/h4,10H,17H2,1-3H3,(H2,16,22). The Bertz CT molecular complexity index is 825. The van der Waals surface area contributed by atoms with Crippen LogP contribution in [0.2, 0.25) is 0 Å². The highest BCUT2D eigenvalue weighted by Gasteiger charge is 2.23. The smallest absolute Gasteiger partial charge is 0.369 e. The molecule has 0 radical (unpaired) electrons. The molecule has 0 spiro atoms. The van der Waals surface area contributed by atoms with Crippen molar-refractivity contribution in [2.75, 3.05) is 5.84 Å². The molecular weight excluding hydrogens is 312 g/mol. The van der Waals surface area contributed by atoms with Gasteiger partial charge in [-0.1, -0.05) is 12.2 Å². The lowest BCUT2D eigenvalue weighted by Gasteiger charge is -2.15. The van der Waals surface area contributed by atoms with Crippen molar-refractivity contribution in [2.45, 2.75) is 27.2 Å². The minimum absolute atomic E-state index is 0.222. The Balaban J connectivity index is 2.80. The highest BCUT2D eigenvalue weighted by Crippen LogP contribution is 2.25. The maximum Gasteiger partial charge on any atom is 0.369 e. The van der Waals surface area contributed by atoms with Crippen molar-refractivity contribution in [1.29, 1.82) is 0 Å². The van der Waals surface area contributed by atoms with Crippen LogP contribution in [-0.2, 0) is 0 Å². The largest absolute Gasteiger partial charge is 0.389 e. The maximum atomic E-state index is 12.8. The van der Waals surface area contributed by atoms with E-state index in [1.807, 2.05) is 0 Å². The molecular formula is C13H15F2N5OS. The minimum atomic E-state index is -2.95. The first-order valence-electron chi connectivity index (χ1n) is 6.33. The molecule has 0 saturated heterocycles. The fraction of sp³-hybridized carbons (Fsp3) is 0.308. The number of nitrogens with two attached hydrogens (primary N) is 2. The maximum absolute atomic E-state index is 12.8. The van der Waals surface area contributed by atoms with Gasteiger partial charge in [-0.15, -0.1) is 5.10 Å². The lowest BCUT2D eigenvalue weighted by molar-refractivity contribution is 0.136. The molecule has 0 aliphatic heterocycles. The highest BCUT2D eigenvalue weighted by atomic mass is 32.1. The van der Waals surface area contributed by atoms with E-state index in [0.29, 0.717) is 27.1 Å². The first-order chi connectivity index (χ1) is 10.2. The van der Waals surface area contributed by atoms with Crippen LogP contribution in [0, 0.1) is 20.8 Å². The van der Waals surface area contributed by atoms with Gasteiger partial charge in [-0.3, -0.25) is 0 Å². The zero-order valence-corrected chi connectivity index (χ0v) is 13.0. The molecule has 0 fully saturated rings. The molecule has 9 heteroatoms. The number of thiocarbonyl (C=S) groups is 1. The second-order valence-corrected chi connectivity index (χ2v) is 5.37. The Morgan fingerprint density at radius 1 is 1.32 bits per heavy atom. The molecule has 1 aromatic carbocycles. The van der Waals surface area contributed by atoms with E-state index in [9.17, 15) is 13.6 Å². The average Bonchev–Trinajstić information content (AvgIpc) is 2.71. The molecule has 0 aliphatic rings. The SMILES string of the molecule is Cc1cc(C(N)=S)c(C)c(C)c1-n1nc(C(F)F)n(N)c1=O. The first-order valence-corrected chi connectivity index (χ1v) is 6.73. The van der Waals surface area contributed by atoms with Crippen LogP contribution in [0.15, 0.2) is 10.9 Å². The van der Waals surface area contributed by atoms with Gasteiger partial charge in [0.25, 0.3) is 6.43 Å². The number of aryl methyl sites for hydroxylation is 1. The summed E-state index contributed by atoms with van der Waals surface area (Å²) in [6, 6.07) is 1.70. The fourth-order valence-electron chi connectivity index (χ4n) is 2.34. The summed E-state index contributed by atoms with van der Waals surface area (Å²) < 4.78 is 26.9. The number of nitrogen functional groups attached to an aromatic ring is 1. The van der Waals surface area contributed by atoms with Gasteiger partial charge >= 0.3 is 5.69 Å². The third kappa shape index (κ3) is 2.37. The molecule has 1 heterocycles. The second kappa shape index (κ2) is 5.48. The van der Waals surface area contributed by atoms with Crippen LogP contribution in [0.5, 0.6) is 0 Å². The van der Waals surface area contributed by atoms with Crippen molar-refractivity contribution < 1.29 is 8.78 Å². The number of hydrogen-bond donors (Lipinski definition) is 2. The number of benzene rings is 1. The number of hydrogen-bond acceptors (Lipinski definition) is 4. The molecule has 0 amide bonds.